The topological polar surface area (TPSA) is 41.1 Å². The zero-order valence-corrected chi connectivity index (χ0v) is 10.6. The number of hydrogen-bond donors (Lipinski definition) is 2. The smallest absolute Gasteiger partial charge is 0.315 e. The van der Waals surface area contributed by atoms with E-state index < -0.39 is 0 Å². The van der Waals surface area contributed by atoms with Crippen LogP contribution in [0, 0.1) is 6.92 Å². The van der Waals surface area contributed by atoms with Crippen molar-refractivity contribution in [2.24, 2.45) is 0 Å². The number of rotatable bonds is 4. The Bertz CT molecular complexity index is 371. The van der Waals surface area contributed by atoms with Crippen LogP contribution in [0.4, 0.5) is 4.79 Å². The van der Waals surface area contributed by atoms with Gasteiger partial charge in [0.1, 0.15) is 0 Å². The van der Waals surface area contributed by atoms with Crippen LogP contribution in [0.1, 0.15) is 29.5 Å². The predicted molar refractivity (Wildman–Crippen MR) is 66.9 cm³/mol. The lowest BCUT2D eigenvalue weighted by atomic mass is 10.2. The van der Waals surface area contributed by atoms with Crippen LogP contribution in [-0.2, 0) is 6.42 Å². The lowest BCUT2D eigenvalue weighted by Gasteiger charge is -2.13. The fraction of sp³-hybridized carbons (Fsp3) is 0.583. The second-order valence-corrected chi connectivity index (χ2v) is 5.88. The summed E-state index contributed by atoms with van der Waals surface area (Å²) in [5.41, 5.74) is 0. The zero-order chi connectivity index (χ0) is 11.5. The van der Waals surface area contributed by atoms with Crippen molar-refractivity contribution in [3.63, 3.8) is 0 Å². The number of nitrogens with one attached hydrogen (secondary N) is 2. The minimum Gasteiger partial charge on any atom is -0.335 e. The zero-order valence-electron chi connectivity index (χ0n) is 9.75. The summed E-state index contributed by atoms with van der Waals surface area (Å²) in [5.74, 6) is 0. The third-order valence-electron chi connectivity index (χ3n) is 2.59. The van der Waals surface area contributed by atoms with Crippen molar-refractivity contribution in [3.05, 3.63) is 21.9 Å². The second-order valence-electron chi connectivity index (χ2n) is 4.51. The van der Waals surface area contributed by atoms with Gasteiger partial charge in [-0.3, -0.25) is 0 Å². The average Bonchev–Trinajstić information content (AvgIpc) is 2.89. The molecule has 1 unspecified atom stereocenters. The summed E-state index contributed by atoms with van der Waals surface area (Å²) >= 11 is 1.80. The van der Waals surface area contributed by atoms with Gasteiger partial charge in [-0.15, -0.1) is 11.3 Å². The van der Waals surface area contributed by atoms with Crippen molar-refractivity contribution in [1.29, 1.82) is 0 Å². The van der Waals surface area contributed by atoms with E-state index in [-0.39, 0.29) is 12.1 Å². The molecule has 0 bridgehead atoms. The fourth-order valence-electron chi connectivity index (χ4n) is 1.63. The Labute approximate surface area is 100 Å². The van der Waals surface area contributed by atoms with Gasteiger partial charge in [0, 0.05) is 28.3 Å². The summed E-state index contributed by atoms with van der Waals surface area (Å²) in [6.45, 7) is 4.15. The first-order valence-electron chi connectivity index (χ1n) is 5.76. The average molecular weight is 238 g/mol. The molecular formula is C12H18N2OS. The molecule has 1 aromatic heterocycles. The van der Waals surface area contributed by atoms with E-state index in [4.69, 9.17) is 0 Å². The highest BCUT2D eigenvalue weighted by molar-refractivity contribution is 7.11. The van der Waals surface area contributed by atoms with Gasteiger partial charge in [0.05, 0.1) is 0 Å². The molecule has 0 aliphatic heterocycles. The van der Waals surface area contributed by atoms with Crippen LogP contribution in [0.3, 0.4) is 0 Å². The summed E-state index contributed by atoms with van der Waals surface area (Å²) in [6, 6.07) is 4.85. The SMILES string of the molecule is Cc1ccc(CC(C)NC(=O)NC2CC2)s1. The highest BCUT2D eigenvalue weighted by Gasteiger charge is 2.23. The maximum Gasteiger partial charge on any atom is 0.315 e. The van der Waals surface area contributed by atoms with Crippen LogP contribution in [0.15, 0.2) is 12.1 Å². The Morgan fingerprint density at radius 3 is 2.88 bits per heavy atom. The van der Waals surface area contributed by atoms with Crippen molar-refractivity contribution in [2.45, 2.75) is 45.2 Å². The number of carbonyl (C=O) groups is 1. The van der Waals surface area contributed by atoms with Gasteiger partial charge in [0.25, 0.3) is 0 Å². The first-order valence-corrected chi connectivity index (χ1v) is 6.57. The number of aryl methyl sites for hydroxylation is 1. The molecule has 1 aromatic rings. The number of urea groups is 1. The van der Waals surface area contributed by atoms with E-state index in [9.17, 15) is 4.79 Å². The lowest BCUT2D eigenvalue weighted by Crippen LogP contribution is -2.42. The van der Waals surface area contributed by atoms with Crippen LogP contribution in [-0.4, -0.2) is 18.1 Å². The van der Waals surface area contributed by atoms with Gasteiger partial charge in [0.2, 0.25) is 0 Å². The van der Waals surface area contributed by atoms with Gasteiger partial charge in [-0.1, -0.05) is 0 Å². The maximum absolute atomic E-state index is 11.5. The molecule has 1 fully saturated rings. The Kier molecular flexibility index (Phi) is 3.49. The van der Waals surface area contributed by atoms with Gasteiger partial charge in [-0.25, -0.2) is 4.79 Å². The Morgan fingerprint density at radius 2 is 2.31 bits per heavy atom. The minimum absolute atomic E-state index is 0.0247. The molecule has 1 aliphatic rings. The van der Waals surface area contributed by atoms with Gasteiger partial charge < -0.3 is 10.6 Å². The monoisotopic (exact) mass is 238 g/mol. The van der Waals surface area contributed by atoms with Gasteiger partial charge in [0.15, 0.2) is 0 Å². The van der Waals surface area contributed by atoms with Crippen LogP contribution in [0.25, 0.3) is 0 Å². The van der Waals surface area contributed by atoms with E-state index in [1.165, 1.54) is 9.75 Å². The van der Waals surface area contributed by atoms with E-state index >= 15 is 0 Å². The number of amides is 2. The van der Waals surface area contributed by atoms with Crippen molar-refractivity contribution in [1.82, 2.24) is 10.6 Å². The summed E-state index contributed by atoms with van der Waals surface area (Å²) in [4.78, 5) is 14.1. The molecule has 2 rings (SSSR count). The van der Waals surface area contributed by atoms with Gasteiger partial charge in [-0.2, -0.15) is 0 Å². The van der Waals surface area contributed by atoms with E-state index in [0.717, 1.165) is 19.3 Å². The van der Waals surface area contributed by atoms with E-state index in [2.05, 4.69) is 29.7 Å². The highest BCUT2D eigenvalue weighted by atomic mass is 32.1. The van der Waals surface area contributed by atoms with Crippen molar-refractivity contribution in [2.75, 3.05) is 0 Å². The third kappa shape index (κ3) is 3.52. The molecule has 16 heavy (non-hydrogen) atoms. The van der Waals surface area contributed by atoms with Crippen LogP contribution in [0.2, 0.25) is 0 Å². The summed E-state index contributed by atoms with van der Waals surface area (Å²) in [6.07, 6.45) is 3.18. The summed E-state index contributed by atoms with van der Waals surface area (Å²) in [5, 5.41) is 5.89. The Balaban J connectivity index is 1.74. The van der Waals surface area contributed by atoms with Crippen molar-refractivity contribution < 1.29 is 4.79 Å². The quantitative estimate of drug-likeness (QED) is 0.831. The van der Waals surface area contributed by atoms with Gasteiger partial charge >= 0.3 is 6.03 Å². The van der Waals surface area contributed by atoms with E-state index in [1.807, 2.05) is 6.92 Å². The Hall–Kier alpha value is -1.03. The first kappa shape index (κ1) is 11.5. The van der Waals surface area contributed by atoms with Crippen molar-refractivity contribution in [3.8, 4) is 0 Å². The molecule has 1 saturated carbocycles. The molecule has 0 aromatic carbocycles. The number of hydrogen-bond acceptors (Lipinski definition) is 2. The minimum atomic E-state index is -0.0247. The van der Waals surface area contributed by atoms with Crippen LogP contribution < -0.4 is 10.6 Å². The van der Waals surface area contributed by atoms with E-state index in [1.54, 1.807) is 11.3 Å². The largest absolute Gasteiger partial charge is 0.335 e. The van der Waals surface area contributed by atoms with Gasteiger partial charge in [-0.05, 0) is 38.8 Å². The molecular weight excluding hydrogens is 220 g/mol. The molecule has 88 valence electrons. The molecule has 2 N–H and O–H groups in total. The molecule has 1 heterocycles. The molecule has 1 atom stereocenters. The number of carbonyl (C=O) groups excluding carboxylic acids is 1. The molecule has 1 aliphatic carbocycles. The highest BCUT2D eigenvalue weighted by Crippen LogP contribution is 2.19. The first-order chi connectivity index (χ1) is 7.63. The summed E-state index contributed by atoms with van der Waals surface area (Å²) < 4.78 is 0. The lowest BCUT2D eigenvalue weighted by molar-refractivity contribution is 0.237. The molecule has 0 saturated heterocycles. The van der Waals surface area contributed by atoms with Crippen LogP contribution >= 0.6 is 11.3 Å². The second kappa shape index (κ2) is 4.87. The molecule has 4 heteroatoms. The number of thiophene rings is 1. The molecule has 3 nitrogen and oxygen atoms in total. The van der Waals surface area contributed by atoms with Crippen molar-refractivity contribution >= 4 is 17.4 Å². The van der Waals surface area contributed by atoms with E-state index in [0.29, 0.717) is 6.04 Å². The fourth-order valence-corrected chi connectivity index (χ4v) is 2.65. The molecule has 2 amide bonds. The Morgan fingerprint density at radius 1 is 1.56 bits per heavy atom. The molecule has 0 spiro atoms. The summed E-state index contributed by atoms with van der Waals surface area (Å²) in [7, 11) is 0. The maximum atomic E-state index is 11.5. The molecule has 0 radical (unpaired) electrons. The van der Waals surface area contributed by atoms with Crippen LogP contribution in [0.5, 0.6) is 0 Å². The third-order valence-corrected chi connectivity index (χ3v) is 3.62. The normalized spacial score (nSPS) is 16.9. The standard InChI is InChI=1S/C12H18N2OS/c1-8(7-11-6-3-9(2)16-11)13-12(15)14-10-4-5-10/h3,6,8,10H,4-5,7H2,1-2H3,(H2,13,14,15). The predicted octanol–water partition coefficient (Wildman–Crippen LogP) is 2.45.